The van der Waals surface area contributed by atoms with Gasteiger partial charge in [0, 0.05) is 0 Å². The van der Waals surface area contributed by atoms with Crippen LogP contribution >= 0.6 is 0 Å². The Hall–Kier alpha value is -2.65. The van der Waals surface area contributed by atoms with Crippen molar-refractivity contribution in [2.45, 2.75) is 0 Å². The highest BCUT2D eigenvalue weighted by atomic mass is 16.2. The molecule has 1 saturated heterocycles. The Kier molecular flexibility index (Phi) is 4.25. The van der Waals surface area contributed by atoms with Crippen molar-refractivity contribution in [3.05, 3.63) is 0 Å². The molecular formula is C5H8N6O4. The maximum absolute atomic E-state index is 10.3. The zero-order valence-corrected chi connectivity index (χ0v) is 7.31. The number of amides is 4. The van der Waals surface area contributed by atoms with Crippen molar-refractivity contribution in [3.63, 3.8) is 0 Å². The summed E-state index contributed by atoms with van der Waals surface area (Å²) in [4.78, 5) is 41.1. The highest BCUT2D eigenvalue weighted by Crippen LogP contribution is 1.81. The third-order valence-corrected chi connectivity index (χ3v) is 1.02. The predicted octanol–water partition coefficient (Wildman–Crippen LogP) is -3.94. The van der Waals surface area contributed by atoms with Crippen LogP contribution in [-0.2, 0) is 14.4 Å². The summed E-state index contributed by atoms with van der Waals surface area (Å²) in [6.07, 6.45) is 0. The maximum atomic E-state index is 10.3. The molecule has 1 fully saturated rings. The van der Waals surface area contributed by atoms with Gasteiger partial charge in [0.05, 0.1) is 0 Å². The average Bonchev–Trinajstić information content (AvgIpc) is 2.15. The van der Waals surface area contributed by atoms with Crippen LogP contribution in [0.3, 0.4) is 0 Å². The zero-order valence-electron chi connectivity index (χ0n) is 7.31. The number of hydrazone groups is 1. The number of urea groups is 1. The Balaban J connectivity index is 0.000000336. The molecule has 4 amide bonds. The number of barbiturate groups is 1. The van der Waals surface area contributed by atoms with Crippen molar-refractivity contribution in [1.82, 2.24) is 10.6 Å². The fourth-order valence-corrected chi connectivity index (χ4v) is 0.454. The first kappa shape index (κ1) is 12.3. The van der Waals surface area contributed by atoms with Crippen LogP contribution in [0.1, 0.15) is 0 Å². The van der Waals surface area contributed by atoms with E-state index >= 15 is 0 Å². The molecule has 0 aliphatic carbocycles. The summed E-state index contributed by atoms with van der Waals surface area (Å²) in [5, 5.41) is 6.06. The smallest absolute Gasteiger partial charge is 0.328 e. The minimum absolute atomic E-state index is 0.0926. The molecule has 0 aromatic carbocycles. The van der Waals surface area contributed by atoms with Gasteiger partial charge < -0.3 is 17.3 Å². The first-order valence-corrected chi connectivity index (χ1v) is 3.38. The summed E-state index contributed by atoms with van der Waals surface area (Å²) in [6, 6.07) is -0.963. The van der Waals surface area contributed by atoms with Gasteiger partial charge in [-0.3, -0.25) is 25.0 Å². The van der Waals surface area contributed by atoms with Crippen LogP contribution in [0.25, 0.3) is 0 Å². The number of imide groups is 2. The molecule has 1 aliphatic heterocycles. The normalized spacial score (nSPS) is 14.4. The number of nitrogens with zero attached hydrogens (tertiary/aromatic N) is 1. The minimum Gasteiger partial charge on any atom is -0.369 e. The second-order valence-corrected chi connectivity index (χ2v) is 2.12. The number of Topliss-reactive ketones (excluding diaryl/α,β-unsaturated/α-hetero) is 1. The highest BCUT2D eigenvalue weighted by molar-refractivity contribution is 6.66. The van der Waals surface area contributed by atoms with E-state index in [1.165, 1.54) is 0 Å². The molecule has 0 aromatic heterocycles. The standard InChI is InChI=1S/C4H2N2O4.CH6N4/c7-1-2(8)5-4(10)6-3(1)9;2-1(3)5-4/h(H2,5,6,8,9,10);4H2,(H4,2,3,5). The van der Waals surface area contributed by atoms with Gasteiger partial charge in [0.15, 0.2) is 0 Å². The van der Waals surface area contributed by atoms with E-state index in [1.54, 1.807) is 10.6 Å². The summed E-state index contributed by atoms with van der Waals surface area (Å²) >= 11 is 0. The van der Waals surface area contributed by atoms with Gasteiger partial charge in [-0.25, -0.2) is 4.79 Å². The number of nitrogens with two attached hydrogens (primary N) is 3. The van der Waals surface area contributed by atoms with E-state index in [-0.39, 0.29) is 5.96 Å². The summed E-state index contributed by atoms with van der Waals surface area (Å²) in [5.41, 5.74) is 9.39. The molecule has 8 N–H and O–H groups in total. The monoisotopic (exact) mass is 216 g/mol. The molecule has 0 atom stereocenters. The SMILES string of the molecule is NN=C(N)N.O=C1NC(=O)C(=O)C(=O)N1. The van der Waals surface area contributed by atoms with E-state index in [0.717, 1.165) is 0 Å². The average molecular weight is 216 g/mol. The Labute approximate surface area is 82.8 Å². The Morgan fingerprint density at radius 3 is 1.60 bits per heavy atom. The molecule has 1 rings (SSSR count). The molecule has 0 unspecified atom stereocenters. The number of hydrogen-bond donors (Lipinski definition) is 5. The quantitative estimate of drug-likeness (QED) is 0.0899. The van der Waals surface area contributed by atoms with Gasteiger partial charge in [0.25, 0.3) is 0 Å². The van der Waals surface area contributed by atoms with Gasteiger partial charge in [-0.1, -0.05) is 0 Å². The van der Waals surface area contributed by atoms with Crippen molar-refractivity contribution in [1.29, 1.82) is 0 Å². The van der Waals surface area contributed by atoms with Crippen molar-refractivity contribution < 1.29 is 19.2 Å². The lowest BCUT2D eigenvalue weighted by molar-refractivity contribution is -0.146. The van der Waals surface area contributed by atoms with Crippen molar-refractivity contribution in [3.8, 4) is 0 Å². The van der Waals surface area contributed by atoms with Crippen LogP contribution in [0.15, 0.2) is 5.10 Å². The lowest BCUT2D eigenvalue weighted by Gasteiger charge is -2.07. The van der Waals surface area contributed by atoms with Gasteiger partial charge in [0.2, 0.25) is 5.96 Å². The van der Waals surface area contributed by atoms with E-state index in [0.29, 0.717) is 0 Å². The molecule has 0 saturated carbocycles. The lowest BCUT2D eigenvalue weighted by atomic mass is 10.3. The highest BCUT2D eigenvalue weighted by Gasteiger charge is 2.31. The van der Waals surface area contributed by atoms with Crippen molar-refractivity contribution in [2.24, 2.45) is 22.4 Å². The third-order valence-electron chi connectivity index (χ3n) is 1.02. The molecule has 15 heavy (non-hydrogen) atoms. The molecule has 10 heteroatoms. The number of carbonyl (C=O) groups excluding carboxylic acids is 4. The number of guanidine groups is 1. The van der Waals surface area contributed by atoms with E-state index < -0.39 is 23.6 Å². The zero-order chi connectivity index (χ0) is 12.0. The fourth-order valence-electron chi connectivity index (χ4n) is 0.454. The largest absolute Gasteiger partial charge is 0.369 e. The van der Waals surface area contributed by atoms with Crippen LogP contribution in [0.4, 0.5) is 4.79 Å². The molecule has 0 bridgehead atoms. The number of nitrogens with one attached hydrogen (secondary N) is 2. The summed E-state index contributed by atoms with van der Waals surface area (Å²) < 4.78 is 0. The molecule has 0 spiro atoms. The van der Waals surface area contributed by atoms with Crippen molar-refractivity contribution >= 4 is 29.6 Å². The molecule has 1 aliphatic rings. The second kappa shape index (κ2) is 5.16. The number of rotatable bonds is 0. The second-order valence-electron chi connectivity index (χ2n) is 2.12. The van der Waals surface area contributed by atoms with Crippen molar-refractivity contribution in [2.75, 3.05) is 0 Å². The molecular weight excluding hydrogens is 208 g/mol. The number of carbonyl (C=O) groups is 4. The number of hydrogen-bond acceptors (Lipinski definition) is 6. The van der Waals surface area contributed by atoms with Gasteiger partial charge in [-0.2, -0.15) is 0 Å². The van der Waals surface area contributed by atoms with E-state index in [9.17, 15) is 19.2 Å². The molecule has 0 radical (unpaired) electrons. The lowest BCUT2D eigenvalue weighted by Crippen LogP contribution is -2.56. The summed E-state index contributed by atoms with van der Waals surface area (Å²) in [7, 11) is 0. The van der Waals surface area contributed by atoms with E-state index in [4.69, 9.17) is 11.5 Å². The van der Waals surface area contributed by atoms with Gasteiger partial charge in [-0.05, 0) is 0 Å². The number of ketones is 1. The first-order valence-electron chi connectivity index (χ1n) is 3.38. The summed E-state index contributed by atoms with van der Waals surface area (Å²) in [5.74, 6) is 0.794. The van der Waals surface area contributed by atoms with Gasteiger partial charge in [0.1, 0.15) is 0 Å². The molecule has 1 heterocycles. The first-order chi connectivity index (χ1) is 6.88. The molecule has 10 nitrogen and oxygen atoms in total. The Morgan fingerprint density at radius 1 is 1.00 bits per heavy atom. The Morgan fingerprint density at radius 2 is 1.33 bits per heavy atom. The minimum atomic E-state index is -1.25. The molecule has 0 aromatic rings. The van der Waals surface area contributed by atoms with Crippen LogP contribution in [0.5, 0.6) is 0 Å². The molecule has 82 valence electrons. The van der Waals surface area contributed by atoms with Crippen LogP contribution in [-0.4, -0.2) is 29.6 Å². The summed E-state index contributed by atoms with van der Waals surface area (Å²) in [6.45, 7) is 0. The maximum Gasteiger partial charge on any atom is 0.328 e. The van der Waals surface area contributed by atoms with E-state index in [2.05, 4.69) is 10.9 Å². The fraction of sp³-hybridized carbons (Fsp3) is 0. The topological polar surface area (TPSA) is 183 Å². The third kappa shape index (κ3) is 4.21. The van der Waals surface area contributed by atoms with Gasteiger partial charge >= 0.3 is 23.6 Å². The van der Waals surface area contributed by atoms with Gasteiger partial charge in [-0.15, -0.1) is 5.10 Å². The predicted molar refractivity (Wildman–Crippen MR) is 46.7 cm³/mol. The van der Waals surface area contributed by atoms with Crippen LogP contribution in [0, 0.1) is 0 Å². The van der Waals surface area contributed by atoms with E-state index in [1.807, 2.05) is 0 Å². The Bertz CT molecular complexity index is 321. The van der Waals surface area contributed by atoms with Crippen LogP contribution in [0.2, 0.25) is 0 Å². The van der Waals surface area contributed by atoms with Crippen LogP contribution < -0.4 is 27.9 Å².